The number of anilines is 1. The number of hydrogen-bond acceptors (Lipinski definition) is 4. The van der Waals surface area contributed by atoms with Gasteiger partial charge in [0, 0.05) is 37.9 Å². The number of pyridine rings is 1. The molecule has 116 valence electrons. The molecule has 0 aliphatic carbocycles. The summed E-state index contributed by atoms with van der Waals surface area (Å²) in [5.74, 6) is 0.840. The number of amides is 1. The molecular formula is C16H26N4O. The Labute approximate surface area is 127 Å². The fraction of sp³-hybridized carbons (Fsp3) is 0.625. The van der Waals surface area contributed by atoms with Crippen LogP contribution in [0.4, 0.5) is 5.82 Å². The van der Waals surface area contributed by atoms with Crippen molar-refractivity contribution in [2.75, 3.05) is 45.1 Å². The van der Waals surface area contributed by atoms with Crippen molar-refractivity contribution in [2.24, 2.45) is 0 Å². The van der Waals surface area contributed by atoms with E-state index in [1.165, 1.54) is 25.9 Å². The number of carbonyl (C=O) groups is 1. The van der Waals surface area contributed by atoms with Gasteiger partial charge in [-0.05, 0) is 51.9 Å². The summed E-state index contributed by atoms with van der Waals surface area (Å²) >= 11 is 0. The summed E-state index contributed by atoms with van der Waals surface area (Å²) in [4.78, 5) is 21.1. The molecule has 1 fully saturated rings. The molecular weight excluding hydrogens is 264 g/mol. The van der Waals surface area contributed by atoms with Crippen LogP contribution in [0.15, 0.2) is 12.1 Å². The van der Waals surface area contributed by atoms with Gasteiger partial charge in [-0.3, -0.25) is 4.79 Å². The molecule has 0 unspecified atom stereocenters. The second-order valence-corrected chi connectivity index (χ2v) is 5.69. The van der Waals surface area contributed by atoms with E-state index in [9.17, 15) is 4.79 Å². The van der Waals surface area contributed by atoms with Crippen molar-refractivity contribution >= 4 is 11.7 Å². The van der Waals surface area contributed by atoms with Gasteiger partial charge in [0.2, 0.25) is 0 Å². The zero-order valence-electron chi connectivity index (χ0n) is 13.4. The Bertz CT molecular complexity index is 483. The third kappa shape index (κ3) is 4.43. The van der Waals surface area contributed by atoms with E-state index in [0.29, 0.717) is 5.56 Å². The number of carbonyl (C=O) groups excluding carboxylic acids is 1. The zero-order valence-corrected chi connectivity index (χ0v) is 13.4. The molecule has 5 heteroatoms. The minimum atomic E-state index is 0.0684. The predicted octanol–water partition coefficient (Wildman–Crippen LogP) is 1.99. The number of likely N-dealkylation sites (N-methyl/N-ethyl adjacent to an activating group) is 1. The number of rotatable bonds is 6. The highest BCUT2D eigenvalue weighted by atomic mass is 16.2. The largest absolute Gasteiger partial charge is 0.370 e. The van der Waals surface area contributed by atoms with Gasteiger partial charge in [0.1, 0.15) is 5.82 Å². The van der Waals surface area contributed by atoms with Crippen LogP contribution in [-0.4, -0.2) is 60.5 Å². The Morgan fingerprint density at radius 2 is 2.10 bits per heavy atom. The lowest BCUT2D eigenvalue weighted by Gasteiger charge is -2.22. The fourth-order valence-corrected chi connectivity index (χ4v) is 2.68. The second kappa shape index (κ2) is 7.41. The van der Waals surface area contributed by atoms with E-state index in [1.807, 2.05) is 37.9 Å². The van der Waals surface area contributed by atoms with E-state index in [2.05, 4.69) is 15.2 Å². The van der Waals surface area contributed by atoms with Crippen LogP contribution in [0.1, 0.15) is 35.8 Å². The third-order valence-electron chi connectivity index (χ3n) is 3.86. The van der Waals surface area contributed by atoms with E-state index in [4.69, 9.17) is 0 Å². The van der Waals surface area contributed by atoms with Crippen LogP contribution < -0.4 is 5.32 Å². The van der Waals surface area contributed by atoms with E-state index >= 15 is 0 Å². The molecule has 1 amide bonds. The van der Waals surface area contributed by atoms with E-state index in [-0.39, 0.29) is 5.91 Å². The molecule has 5 nitrogen and oxygen atoms in total. The fourth-order valence-electron chi connectivity index (χ4n) is 2.68. The molecule has 1 aliphatic rings. The van der Waals surface area contributed by atoms with Crippen LogP contribution in [0.5, 0.6) is 0 Å². The summed E-state index contributed by atoms with van der Waals surface area (Å²) in [5.41, 5.74) is 1.58. The second-order valence-electron chi connectivity index (χ2n) is 5.69. The van der Waals surface area contributed by atoms with Crippen LogP contribution in [0.25, 0.3) is 0 Å². The van der Waals surface area contributed by atoms with Crippen LogP contribution in [0.3, 0.4) is 0 Å². The maximum Gasteiger partial charge on any atom is 0.253 e. The van der Waals surface area contributed by atoms with Crippen LogP contribution >= 0.6 is 0 Å². The average molecular weight is 290 g/mol. The van der Waals surface area contributed by atoms with Gasteiger partial charge in [-0.2, -0.15) is 0 Å². The van der Waals surface area contributed by atoms with Crippen molar-refractivity contribution in [3.05, 3.63) is 23.4 Å². The van der Waals surface area contributed by atoms with E-state index in [1.54, 1.807) is 0 Å². The first kappa shape index (κ1) is 15.8. The average Bonchev–Trinajstić information content (AvgIpc) is 2.97. The molecule has 0 saturated carbocycles. The molecule has 0 spiro atoms. The molecule has 1 aromatic rings. The van der Waals surface area contributed by atoms with Crippen LogP contribution in [0.2, 0.25) is 0 Å². The molecule has 0 radical (unpaired) electrons. The first-order valence-electron chi connectivity index (χ1n) is 7.80. The smallest absolute Gasteiger partial charge is 0.253 e. The summed E-state index contributed by atoms with van der Waals surface area (Å²) < 4.78 is 0. The molecule has 1 saturated heterocycles. The molecule has 2 rings (SSSR count). The van der Waals surface area contributed by atoms with Crippen molar-refractivity contribution in [2.45, 2.75) is 26.7 Å². The topological polar surface area (TPSA) is 48.5 Å². The zero-order chi connectivity index (χ0) is 15.2. The minimum absolute atomic E-state index is 0.0684. The van der Waals surface area contributed by atoms with Crippen LogP contribution in [-0.2, 0) is 0 Å². The Balaban J connectivity index is 1.97. The standard InChI is InChI=1S/C16H26N4O/c1-4-17-15-12-14(11-13(2)18-15)16(21)19(3)9-10-20-7-5-6-8-20/h11-12H,4-10H2,1-3H3,(H,17,18). The molecule has 1 aromatic heterocycles. The van der Waals surface area contributed by atoms with Gasteiger partial charge in [0.05, 0.1) is 0 Å². The molecule has 2 heterocycles. The highest BCUT2D eigenvalue weighted by Crippen LogP contribution is 2.13. The SMILES string of the molecule is CCNc1cc(C(=O)N(C)CCN2CCCC2)cc(C)n1. The lowest BCUT2D eigenvalue weighted by atomic mass is 10.2. The highest BCUT2D eigenvalue weighted by Gasteiger charge is 2.16. The van der Waals surface area contributed by atoms with Crippen molar-refractivity contribution in [3.8, 4) is 0 Å². The third-order valence-corrected chi connectivity index (χ3v) is 3.86. The number of nitrogens with zero attached hydrogens (tertiary/aromatic N) is 3. The van der Waals surface area contributed by atoms with Gasteiger partial charge < -0.3 is 15.1 Å². The lowest BCUT2D eigenvalue weighted by Crippen LogP contribution is -2.35. The van der Waals surface area contributed by atoms with Crippen molar-refractivity contribution < 1.29 is 4.79 Å². The highest BCUT2D eigenvalue weighted by molar-refractivity contribution is 5.94. The Hall–Kier alpha value is -1.62. The molecule has 1 N–H and O–H groups in total. The Kier molecular flexibility index (Phi) is 5.56. The summed E-state index contributed by atoms with van der Waals surface area (Å²) in [5, 5.41) is 3.17. The summed E-state index contributed by atoms with van der Waals surface area (Å²) in [7, 11) is 1.88. The van der Waals surface area contributed by atoms with Crippen molar-refractivity contribution in [1.82, 2.24) is 14.8 Å². The first-order chi connectivity index (χ1) is 10.1. The quantitative estimate of drug-likeness (QED) is 0.870. The van der Waals surface area contributed by atoms with Crippen molar-refractivity contribution in [1.29, 1.82) is 0 Å². The molecule has 1 aliphatic heterocycles. The monoisotopic (exact) mass is 290 g/mol. The first-order valence-corrected chi connectivity index (χ1v) is 7.80. The Morgan fingerprint density at radius 1 is 1.38 bits per heavy atom. The summed E-state index contributed by atoms with van der Waals surface area (Å²) in [6, 6.07) is 3.70. The molecule has 0 aromatic carbocycles. The number of likely N-dealkylation sites (tertiary alicyclic amines) is 1. The molecule has 0 atom stereocenters. The molecule has 21 heavy (non-hydrogen) atoms. The number of hydrogen-bond donors (Lipinski definition) is 1. The molecule has 0 bridgehead atoms. The number of nitrogens with one attached hydrogen (secondary N) is 1. The normalized spacial score (nSPS) is 15.2. The minimum Gasteiger partial charge on any atom is -0.370 e. The van der Waals surface area contributed by atoms with Gasteiger partial charge in [0.15, 0.2) is 0 Å². The maximum atomic E-state index is 12.5. The number of aryl methyl sites for hydroxylation is 1. The maximum absolute atomic E-state index is 12.5. The van der Waals surface area contributed by atoms with Crippen molar-refractivity contribution in [3.63, 3.8) is 0 Å². The van der Waals surface area contributed by atoms with Gasteiger partial charge in [-0.1, -0.05) is 0 Å². The van der Waals surface area contributed by atoms with Gasteiger partial charge in [0.25, 0.3) is 5.91 Å². The predicted molar refractivity (Wildman–Crippen MR) is 85.8 cm³/mol. The van der Waals surface area contributed by atoms with Gasteiger partial charge in [-0.15, -0.1) is 0 Å². The van der Waals surface area contributed by atoms with Gasteiger partial charge >= 0.3 is 0 Å². The van der Waals surface area contributed by atoms with E-state index in [0.717, 1.165) is 31.1 Å². The summed E-state index contributed by atoms with van der Waals surface area (Å²) in [6.07, 6.45) is 2.57. The van der Waals surface area contributed by atoms with E-state index < -0.39 is 0 Å². The number of aromatic nitrogens is 1. The summed E-state index contributed by atoms with van der Waals surface area (Å²) in [6.45, 7) is 8.81. The lowest BCUT2D eigenvalue weighted by molar-refractivity contribution is 0.0782. The Morgan fingerprint density at radius 3 is 2.76 bits per heavy atom. The van der Waals surface area contributed by atoms with Gasteiger partial charge in [-0.25, -0.2) is 4.98 Å². The van der Waals surface area contributed by atoms with Crippen LogP contribution in [0, 0.1) is 6.92 Å².